The van der Waals surface area contributed by atoms with Crippen molar-refractivity contribution in [3.63, 3.8) is 0 Å². The Morgan fingerprint density at radius 1 is 0.848 bits per heavy atom. The molecule has 4 aromatic rings. The minimum Gasteiger partial charge on any atom is -0.493 e. The predicted molar refractivity (Wildman–Crippen MR) is 126 cm³/mol. The summed E-state index contributed by atoms with van der Waals surface area (Å²) in [5, 5.41) is 13.8. The number of ether oxygens (including phenoxy) is 2. The summed E-state index contributed by atoms with van der Waals surface area (Å²) in [4.78, 5) is 12.4. The number of nitrogens with zero attached hydrogens (tertiary/aromatic N) is 2. The Labute approximate surface area is 191 Å². The molecule has 0 saturated heterocycles. The first-order valence-electron chi connectivity index (χ1n) is 10.3. The Kier molecular flexibility index (Phi) is 6.54. The average molecular weight is 444 g/mol. The molecule has 0 spiro atoms. The number of hydrogen-bond donors (Lipinski definition) is 2. The average Bonchev–Trinajstić information content (AvgIpc) is 3.29. The summed E-state index contributed by atoms with van der Waals surface area (Å²) in [6, 6.07) is 20.1. The molecule has 0 aliphatic heterocycles. The summed E-state index contributed by atoms with van der Waals surface area (Å²) in [7, 11) is 3.10. The van der Waals surface area contributed by atoms with Crippen molar-refractivity contribution in [2.45, 2.75) is 13.3 Å². The van der Waals surface area contributed by atoms with Gasteiger partial charge < -0.3 is 24.5 Å². The van der Waals surface area contributed by atoms with E-state index in [9.17, 15) is 4.79 Å². The van der Waals surface area contributed by atoms with E-state index in [2.05, 4.69) is 33.0 Å². The standard InChI is InChI=1S/C25H24N4O4/c1-16-4-6-17(7-5-16)14-23-28-29-24(33-23)18-8-10-19(11-9-18)26-25(30)27-20-12-13-21(31-2)22(15-20)32-3/h4-13,15H,14H2,1-3H3,(H2,26,27,30). The highest BCUT2D eigenvalue weighted by Crippen LogP contribution is 2.30. The van der Waals surface area contributed by atoms with E-state index in [1.54, 1.807) is 37.4 Å². The number of carbonyl (C=O) groups is 1. The molecule has 33 heavy (non-hydrogen) atoms. The van der Waals surface area contributed by atoms with Crippen LogP contribution in [0.4, 0.5) is 16.2 Å². The van der Waals surface area contributed by atoms with Gasteiger partial charge in [0.25, 0.3) is 0 Å². The molecule has 1 heterocycles. The van der Waals surface area contributed by atoms with Crippen LogP contribution >= 0.6 is 0 Å². The van der Waals surface area contributed by atoms with Crippen molar-refractivity contribution in [1.82, 2.24) is 10.2 Å². The third kappa shape index (κ3) is 5.48. The van der Waals surface area contributed by atoms with Gasteiger partial charge >= 0.3 is 6.03 Å². The molecular formula is C25H24N4O4. The molecule has 8 heteroatoms. The summed E-state index contributed by atoms with van der Waals surface area (Å²) in [6.45, 7) is 2.05. The van der Waals surface area contributed by atoms with E-state index in [-0.39, 0.29) is 6.03 Å². The highest BCUT2D eigenvalue weighted by molar-refractivity contribution is 6.00. The second-order valence-electron chi connectivity index (χ2n) is 7.39. The van der Waals surface area contributed by atoms with E-state index in [0.29, 0.717) is 41.1 Å². The molecule has 0 saturated carbocycles. The maximum atomic E-state index is 12.4. The van der Waals surface area contributed by atoms with Crippen LogP contribution in [0.2, 0.25) is 0 Å². The zero-order chi connectivity index (χ0) is 23.2. The lowest BCUT2D eigenvalue weighted by molar-refractivity contribution is 0.262. The molecule has 168 valence electrons. The molecule has 0 radical (unpaired) electrons. The van der Waals surface area contributed by atoms with Crippen LogP contribution in [-0.4, -0.2) is 30.4 Å². The second-order valence-corrected chi connectivity index (χ2v) is 7.39. The van der Waals surface area contributed by atoms with Crippen molar-refractivity contribution in [1.29, 1.82) is 0 Å². The molecule has 0 aliphatic rings. The van der Waals surface area contributed by atoms with Crippen LogP contribution < -0.4 is 20.1 Å². The minimum absolute atomic E-state index is 0.381. The number of benzene rings is 3. The van der Waals surface area contributed by atoms with Gasteiger partial charge in [0, 0.05) is 23.0 Å². The molecule has 0 fully saturated rings. The highest BCUT2D eigenvalue weighted by atomic mass is 16.5. The van der Waals surface area contributed by atoms with E-state index in [4.69, 9.17) is 13.9 Å². The van der Waals surface area contributed by atoms with Crippen LogP contribution in [-0.2, 0) is 6.42 Å². The third-order valence-electron chi connectivity index (χ3n) is 4.97. The van der Waals surface area contributed by atoms with Crippen LogP contribution in [0.15, 0.2) is 71.1 Å². The van der Waals surface area contributed by atoms with Crippen molar-refractivity contribution in [2.24, 2.45) is 0 Å². The van der Waals surface area contributed by atoms with Crippen LogP contribution in [0.5, 0.6) is 11.5 Å². The summed E-state index contributed by atoms with van der Waals surface area (Å²) >= 11 is 0. The first-order valence-corrected chi connectivity index (χ1v) is 10.3. The van der Waals surface area contributed by atoms with Crippen molar-refractivity contribution in [2.75, 3.05) is 24.9 Å². The van der Waals surface area contributed by atoms with Crippen LogP contribution in [0.25, 0.3) is 11.5 Å². The van der Waals surface area contributed by atoms with Crippen molar-refractivity contribution in [3.05, 3.63) is 83.7 Å². The number of aryl methyl sites for hydroxylation is 1. The van der Waals surface area contributed by atoms with Gasteiger partial charge in [-0.05, 0) is 48.9 Å². The van der Waals surface area contributed by atoms with Gasteiger partial charge in [0.05, 0.1) is 20.6 Å². The number of hydrogen-bond acceptors (Lipinski definition) is 6. The van der Waals surface area contributed by atoms with E-state index in [0.717, 1.165) is 11.1 Å². The fourth-order valence-corrected chi connectivity index (χ4v) is 3.23. The Bertz CT molecular complexity index is 1230. The van der Waals surface area contributed by atoms with Gasteiger partial charge in [-0.25, -0.2) is 4.79 Å². The largest absolute Gasteiger partial charge is 0.493 e. The molecule has 3 aromatic carbocycles. The molecule has 8 nitrogen and oxygen atoms in total. The number of amides is 2. The van der Waals surface area contributed by atoms with Crippen molar-refractivity contribution >= 4 is 17.4 Å². The van der Waals surface area contributed by atoms with Gasteiger partial charge in [0.1, 0.15) is 0 Å². The zero-order valence-electron chi connectivity index (χ0n) is 18.6. The van der Waals surface area contributed by atoms with Crippen molar-refractivity contribution in [3.8, 4) is 23.0 Å². The van der Waals surface area contributed by atoms with Gasteiger partial charge in [-0.15, -0.1) is 10.2 Å². The number of urea groups is 1. The van der Waals surface area contributed by atoms with Gasteiger partial charge in [-0.3, -0.25) is 0 Å². The summed E-state index contributed by atoms with van der Waals surface area (Å²) in [5.41, 5.74) is 4.28. The number of anilines is 2. The topological polar surface area (TPSA) is 98.5 Å². The smallest absolute Gasteiger partial charge is 0.323 e. The van der Waals surface area contributed by atoms with Gasteiger partial charge in [0.2, 0.25) is 11.8 Å². The van der Waals surface area contributed by atoms with E-state index in [1.165, 1.54) is 12.7 Å². The van der Waals surface area contributed by atoms with Gasteiger partial charge in [-0.2, -0.15) is 0 Å². The monoisotopic (exact) mass is 444 g/mol. The molecule has 0 unspecified atom stereocenters. The normalized spacial score (nSPS) is 10.5. The molecule has 4 rings (SSSR count). The number of nitrogens with one attached hydrogen (secondary N) is 2. The van der Waals surface area contributed by atoms with Crippen LogP contribution in [0.3, 0.4) is 0 Å². The number of carbonyl (C=O) groups excluding carboxylic acids is 1. The molecule has 0 bridgehead atoms. The highest BCUT2D eigenvalue weighted by Gasteiger charge is 2.11. The summed E-state index contributed by atoms with van der Waals surface area (Å²) < 4.78 is 16.3. The molecule has 2 amide bonds. The zero-order valence-corrected chi connectivity index (χ0v) is 18.6. The molecule has 0 atom stereocenters. The number of rotatable bonds is 7. The maximum Gasteiger partial charge on any atom is 0.323 e. The van der Waals surface area contributed by atoms with E-state index in [1.807, 2.05) is 31.2 Å². The summed E-state index contributed by atoms with van der Waals surface area (Å²) in [6.07, 6.45) is 0.573. The second kappa shape index (κ2) is 9.86. The maximum absolute atomic E-state index is 12.4. The fraction of sp³-hybridized carbons (Fsp3) is 0.160. The fourth-order valence-electron chi connectivity index (χ4n) is 3.23. The number of aromatic nitrogens is 2. The van der Waals surface area contributed by atoms with Crippen molar-refractivity contribution < 1.29 is 18.7 Å². The quantitative estimate of drug-likeness (QED) is 0.402. The van der Waals surface area contributed by atoms with Gasteiger partial charge in [0.15, 0.2) is 11.5 Å². The lowest BCUT2D eigenvalue weighted by atomic mass is 10.1. The molecular weight excluding hydrogens is 420 g/mol. The SMILES string of the molecule is COc1ccc(NC(=O)Nc2ccc(-c3nnc(Cc4ccc(C)cc4)o3)cc2)cc1OC. The Hall–Kier alpha value is -4.33. The first kappa shape index (κ1) is 21.9. The summed E-state index contributed by atoms with van der Waals surface area (Å²) in [5.74, 6) is 2.09. The Morgan fingerprint density at radius 3 is 2.21 bits per heavy atom. The minimum atomic E-state index is -0.381. The van der Waals surface area contributed by atoms with E-state index < -0.39 is 0 Å². The van der Waals surface area contributed by atoms with Gasteiger partial charge in [-0.1, -0.05) is 29.8 Å². The first-order chi connectivity index (χ1) is 16.0. The van der Waals surface area contributed by atoms with Crippen LogP contribution in [0.1, 0.15) is 17.0 Å². The lowest BCUT2D eigenvalue weighted by Gasteiger charge is -2.11. The molecule has 0 aliphatic carbocycles. The van der Waals surface area contributed by atoms with E-state index >= 15 is 0 Å². The van der Waals surface area contributed by atoms with Crippen LogP contribution in [0, 0.1) is 6.92 Å². The third-order valence-corrected chi connectivity index (χ3v) is 4.97. The lowest BCUT2D eigenvalue weighted by Crippen LogP contribution is -2.19. The Balaban J connectivity index is 1.37. The molecule has 1 aromatic heterocycles. The Morgan fingerprint density at radius 2 is 1.52 bits per heavy atom. The predicted octanol–water partition coefficient (Wildman–Crippen LogP) is 5.30. The molecule has 2 N–H and O–H groups in total. The number of methoxy groups -OCH3 is 2.